The van der Waals surface area contributed by atoms with Crippen molar-refractivity contribution in [1.29, 1.82) is 0 Å². The topological polar surface area (TPSA) is 66.9 Å². The molecule has 0 unspecified atom stereocenters. The van der Waals surface area contributed by atoms with E-state index in [4.69, 9.17) is 16.0 Å². The van der Waals surface area contributed by atoms with Gasteiger partial charge in [-0.2, -0.15) is 0 Å². The number of aryl methyl sites for hydroxylation is 1. The lowest BCUT2D eigenvalue weighted by atomic mass is 10.1. The number of anilines is 1. The average molecular weight is 438 g/mol. The van der Waals surface area contributed by atoms with E-state index in [1.807, 2.05) is 25.1 Å². The molecule has 3 aromatic heterocycles. The fourth-order valence-corrected chi connectivity index (χ4v) is 4.46. The Bertz CT molecular complexity index is 1340. The quantitative estimate of drug-likeness (QED) is 0.482. The molecule has 1 aromatic carbocycles. The maximum atomic E-state index is 12.8. The molecule has 8 heteroatoms. The molecule has 7 nitrogen and oxygen atoms in total. The van der Waals surface area contributed by atoms with Crippen LogP contribution in [0.25, 0.3) is 27.9 Å². The summed E-state index contributed by atoms with van der Waals surface area (Å²) in [5.41, 5.74) is 2.65. The predicted molar refractivity (Wildman–Crippen MR) is 123 cm³/mol. The molecular formula is C23H24ClN5O2. The summed E-state index contributed by atoms with van der Waals surface area (Å²) in [6.07, 6.45) is 3.48. The largest absolute Gasteiger partial charge is 0.421 e. The highest BCUT2D eigenvalue weighted by atomic mass is 35.5. The maximum Gasteiger partial charge on any atom is 0.344 e. The Kier molecular flexibility index (Phi) is 4.95. The van der Waals surface area contributed by atoms with Gasteiger partial charge in [0.2, 0.25) is 0 Å². The van der Waals surface area contributed by atoms with Crippen molar-refractivity contribution in [2.45, 2.75) is 26.8 Å². The summed E-state index contributed by atoms with van der Waals surface area (Å²) in [4.78, 5) is 26.4. The van der Waals surface area contributed by atoms with E-state index in [9.17, 15) is 4.79 Å². The standard InChI is InChI=1S/C23H24ClN5O2/c1-14(2)27-6-8-28(9-7-27)17-5-4-16-10-20(31-23(30)18(16)11-17)19-12-29-13-21(24)25-15(3)22(29)26-19/h4-5,10-14H,6-9H2,1-3H3. The molecule has 4 heterocycles. The molecule has 4 aromatic rings. The van der Waals surface area contributed by atoms with E-state index in [2.05, 4.69) is 39.7 Å². The van der Waals surface area contributed by atoms with Crippen LogP contribution in [0.4, 0.5) is 5.69 Å². The van der Waals surface area contributed by atoms with Gasteiger partial charge >= 0.3 is 5.63 Å². The molecule has 0 bridgehead atoms. The van der Waals surface area contributed by atoms with Crippen LogP contribution in [0.1, 0.15) is 19.5 Å². The van der Waals surface area contributed by atoms with E-state index in [-0.39, 0.29) is 5.63 Å². The van der Waals surface area contributed by atoms with Crippen LogP contribution < -0.4 is 10.5 Å². The highest BCUT2D eigenvalue weighted by Crippen LogP contribution is 2.26. The van der Waals surface area contributed by atoms with E-state index in [0.717, 1.165) is 37.3 Å². The van der Waals surface area contributed by atoms with E-state index < -0.39 is 0 Å². The number of imidazole rings is 1. The molecule has 1 saturated heterocycles. The van der Waals surface area contributed by atoms with Crippen LogP contribution in [0.15, 0.2) is 45.9 Å². The van der Waals surface area contributed by atoms with Crippen molar-refractivity contribution in [3.05, 3.63) is 57.9 Å². The Morgan fingerprint density at radius 1 is 1.06 bits per heavy atom. The van der Waals surface area contributed by atoms with Gasteiger partial charge in [-0.25, -0.2) is 14.8 Å². The minimum absolute atomic E-state index is 0.361. The van der Waals surface area contributed by atoms with Crippen molar-refractivity contribution in [1.82, 2.24) is 19.3 Å². The molecule has 0 radical (unpaired) electrons. The fourth-order valence-electron chi connectivity index (χ4n) is 4.22. The summed E-state index contributed by atoms with van der Waals surface area (Å²) in [7, 11) is 0. The minimum atomic E-state index is -0.361. The number of hydrogen-bond acceptors (Lipinski definition) is 6. The van der Waals surface area contributed by atoms with E-state index in [1.54, 1.807) is 16.8 Å². The average Bonchev–Trinajstić information content (AvgIpc) is 3.18. The first-order chi connectivity index (χ1) is 14.9. The highest BCUT2D eigenvalue weighted by Gasteiger charge is 2.20. The second kappa shape index (κ2) is 7.66. The van der Waals surface area contributed by atoms with Crippen molar-refractivity contribution in [3.63, 3.8) is 0 Å². The zero-order chi connectivity index (χ0) is 21.7. The molecule has 0 saturated carbocycles. The number of fused-ring (bicyclic) bond motifs is 2. The lowest BCUT2D eigenvalue weighted by Gasteiger charge is -2.38. The van der Waals surface area contributed by atoms with Crippen molar-refractivity contribution < 1.29 is 4.42 Å². The summed E-state index contributed by atoms with van der Waals surface area (Å²) in [6.45, 7) is 10.2. The normalized spacial score (nSPS) is 15.5. The van der Waals surface area contributed by atoms with Gasteiger partial charge in [-0.05, 0) is 44.4 Å². The van der Waals surface area contributed by atoms with E-state index in [0.29, 0.717) is 39.4 Å². The Hall–Kier alpha value is -2.90. The smallest absolute Gasteiger partial charge is 0.344 e. The van der Waals surface area contributed by atoms with E-state index >= 15 is 0 Å². The van der Waals surface area contributed by atoms with Gasteiger partial charge < -0.3 is 13.7 Å². The molecule has 1 aliphatic heterocycles. The summed E-state index contributed by atoms with van der Waals surface area (Å²) in [5.74, 6) is 0.426. The zero-order valence-corrected chi connectivity index (χ0v) is 18.6. The summed E-state index contributed by atoms with van der Waals surface area (Å²) < 4.78 is 7.45. The van der Waals surface area contributed by atoms with Crippen LogP contribution in [-0.4, -0.2) is 51.5 Å². The van der Waals surface area contributed by atoms with Crippen molar-refractivity contribution in [3.8, 4) is 11.5 Å². The number of benzene rings is 1. The Morgan fingerprint density at radius 2 is 1.84 bits per heavy atom. The maximum absolute atomic E-state index is 12.8. The lowest BCUT2D eigenvalue weighted by molar-refractivity contribution is 0.209. The number of piperazine rings is 1. The third-order valence-corrected chi connectivity index (χ3v) is 6.17. The van der Waals surface area contributed by atoms with Gasteiger partial charge in [0.1, 0.15) is 10.8 Å². The SMILES string of the molecule is Cc1nc(Cl)cn2cc(-c3cc4ccc(N5CCN(C(C)C)CC5)cc4c(=O)o3)nc12. The summed E-state index contributed by atoms with van der Waals surface area (Å²) in [6, 6.07) is 8.42. The molecule has 5 rings (SSSR count). The monoisotopic (exact) mass is 437 g/mol. The molecule has 0 N–H and O–H groups in total. The molecule has 0 amide bonds. The van der Waals surface area contributed by atoms with Gasteiger partial charge in [-0.3, -0.25) is 4.90 Å². The second-order valence-electron chi connectivity index (χ2n) is 8.29. The Morgan fingerprint density at radius 3 is 2.58 bits per heavy atom. The predicted octanol–water partition coefficient (Wildman–Crippen LogP) is 3.99. The van der Waals surface area contributed by atoms with Gasteiger partial charge in [0.05, 0.1) is 11.1 Å². The summed E-state index contributed by atoms with van der Waals surface area (Å²) >= 11 is 6.04. The van der Waals surface area contributed by atoms with Crippen LogP contribution >= 0.6 is 11.6 Å². The molecule has 0 spiro atoms. The second-order valence-corrected chi connectivity index (χ2v) is 8.68. The molecule has 0 aliphatic carbocycles. The molecule has 1 fully saturated rings. The number of rotatable bonds is 3. The number of hydrogen-bond donors (Lipinski definition) is 0. The van der Waals surface area contributed by atoms with Crippen LogP contribution in [0, 0.1) is 6.92 Å². The Labute approximate surface area is 184 Å². The van der Waals surface area contributed by atoms with Gasteiger partial charge in [0.15, 0.2) is 11.4 Å². The van der Waals surface area contributed by atoms with E-state index in [1.165, 1.54) is 0 Å². The number of nitrogens with zero attached hydrogens (tertiary/aromatic N) is 5. The van der Waals surface area contributed by atoms with Crippen molar-refractivity contribution >= 4 is 33.7 Å². The zero-order valence-electron chi connectivity index (χ0n) is 17.8. The molecule has 160 valence electrons. The number of aromatic nitrogens is 3. The van der Waals surface area contributed by atoms with Crippen molar-refractivity contribution in [2.75, 3.05) is 31.1 Å². The fraction of sp³-hybridized carbons (Fsp3) is 0.348. The van der Waals surface area contributed by atoms with Gasteiger partial charge in [-0.15, -0.1) is 0 Å². The molecule has 1 aliphatic rings. The minimum Gasteiger partial charge on any atom is -0.421 e. The Balaban J connectivity index is 1.49. The lowest BCUT2D eigenvalue weighted by Crippen LogP contribution is -2.48. The van der Waals surface area contributed by atoms with Crippen LogP contribution in [-0.2, 0) is 0 Å². The first-order valence-electron chi connectivity index (χ1n) is 10.5. The van der Waals surface area contributed by atoms with Crippen LogP contribution in [0.3, 0.4) is 0 Å². The third-order valence-electron chi connectivity index (χ3n) is 5.98. The summed E-state index contributed by atoms with van der Waals surface area (Å²) in [5, 5.41) is 1.80. The van der Waals surface area contributed by atoms with Crippen LogP contribution in [0.5, 0.6) is 0 Å². The first-order valence-corrected chi connectivity index (χ1v) is 10.9. The molecule has 0 atom stereocenters. The van der Waals surface area contributed by atoms with Gasteiger partial charge in [-0.1, -0.05) is 17.7 Å². The third kappa shape index (κ3) is 3.68. The highest BCUT2D eigenvalue weighted by molar-refractivity contribution is 6.29. The van der Waals surface area contributed by atoms with Crippen molar-refractivity contribution in [2.24, 2.45) is 0 Å². The van der Waals surface area contributed by atoms with Crippen LogP contribution in [0.2, 0.25) is 5.15 Å². The number of halogens is 1. The molecular weight excluding hydrogens is 414 g/mol. The van der Waals surface area contributed by atoms with Gasteiger partial charge in [0, 0.05) is 50.3 Å². The van der Waals surface area contributed by atoms with Gasteiger partial charge in [0.25, 0.3) is 0 Å². The molecule has 31 heavy (non-hydrogen) atoms. The first kappa shape index (κ1) is 20.0.